The summed E-state index contributed by atoms with van der Waals surface area (Å²) in [5.74, 6) is 1.30. The second-order valence-corrected chi connectivity index (χ2v) is 8.70. The highest BCUT2D eigenvalue weighted by molar-refractivity contribution is 6.01. The number of methoxy groups -OCH3 is 1. The molecule has 0 N–H and O–H groups in total. The van der Waals surface area contributed by atoms with Crippen LogP contribution in [0, 0.1) is 5.92 Å². The highest BCUT2D eigenvalue weighted by atomic mass is 16.5. The molecule has 4 heteroatoms. The van der Waals surface area contributed by atoms with Crippen molar-refractivity contribution in [1.29, 1.82) is 0 Å². The molecule has 1 atom stereocenters. The molecule has 1 unspecified atom stereocenters. The lowest BCUT2D eigenvalue weighted by Gasteiger charge is -2.42. The lowest BCUT2D eigenvalue weighted by Crippen LogP contribution is -2.49. The molecule has 2 aromatic carbocycles. The Bertz CT molecular complexity index is 842. The maximum atomic E-state index is 13.3. The molecule has 0 aliphatic carbocycles. The minimum Gasteiger partial charge on any atom is -0.497 e. The summed E-state index contributed by atoms with van der Waals surface area (Å²) in [6.07, 6.45) is 5.89. The van der Waals surface area contributed by atoms with Crippen LogP contribution in [0.25, 0.3) is 10.8 Å². The fourth-order valence-electron chi connectivity index (χ4n) is 5.12. The van der Waals surface area contributed by atoms with Gasteiger partial charge in [-0.25, -0.2) is 0 Å². The number of ketones is 1. The average Bonchev–Trinajstić information content (AvgIpc) is 2.78. The number of carbonyl (C=O) groups is 1. The largest absolute Gasteiger partial charge is 0.497 e. The minimum absolute atomic E-state index is 0.133. The van der Waals surface area contributed by atoms with E-state index < -0.39 is 0 Å². The summed E-state index contributed by atoms with van der Waals surface area (Å²) in [5, 5.41) is 2.22. The average molecular weight is 395 g/mol. The minimum atomic E-state index is 0.133. The van der Waals surface area contributed by atoms with Gasteiger partial charge >= 0.3 is 0 Å². The van der Waals surface area contributed by atoms with Gasteiger partial charge in [-0.2, -0.15) is 0 Å². The number of carbonyl (C=O) groups excluding carboxylic acids is 1. The van der Waals surface area contributed by atoms with Gasteiger partial charge in [0.15, 0.2) is 5.78 Å². The van der Waals surface area contributed by atoms with Crippen LogP contribution in [0.2, 0.25) is 0 Å². The number of benzene rings is 2. The first-order chi connectivity index (χ1) is 14.2. The van der Waals surface area contributed by atoms with Crippen LogP contribution in [0.1, 0.15) is 49.4 Å². The van der Waals surface area contributed by atoms with E-state index in [1.165, 1.54) is 38.9 Å². The number of Topliss-reactive ketones (excluding diaryl/α,β-unsaturated/α-hetero) is 1. The molecular weight excluding hydrogens is 360 g/mol. The molecule has 2 fully saturated rings. The van der Waals surface area contributed by atoms with Crippen LogP contribution in [-0.4, -0.2) is 61.5 Å². The lowest BCUT2D eigenvalue weighted by molar-refractivity contribution is 0.0597. The Morgan fingerprint density at radius 2 is 1.79 bits per heavy atom. The van der Waals surface area contributed by atoms with Crippen molar-refractivity contribution in [3.8, 4) is 5.75 Å². The summed E-state index contributed by atoms with van der Waals surface area (Å²) in [6, 6.07) is 12.8. The van der Waals surface area contributed by atoms with Gasteiger partial charge in [-0.15, -0.1) is 0 Å². The Hall–Kier alpha value is -1.91. The molecule has 4 rings (SSSR count). The Morgan fingerprint density at radius 3 is 2.55 bits per heavy atom. The Morgan fingerprint density at radius 1 is 1.03 bits per heavy atom. The number of hydrogen-bond acceptors (Lipinski definition) is 4. The van der Waals surface area contributed by atoms with Crippen molar-refractivity contribution in [2.45, 2.75) is 45.1 Å². The molecule has 2 heterocycles. The molecule has 156 valence electrons. The second-order valence-electron chi connectivity index (χ2n) is 8.70. The van der Waals surface area contributed by atoms with Gasteiger partial charge in [0, 0.05) is 24.1 Å². The third-order valence-electron chi connectivity index (χ3n) is 6.77. The van der Waals surface area contributed by atoms with E-state index in [9.17, 15) is 4.79 Å². The summed E-state index contributed by atoms with van der Waals surface area (Å²) in [7, 11) is 1.68. The molecule has 0 saturated carbocycles. The predicted molar refractivity (Wildman–Crippen MR) is 119 cm³/mol. The first-order valence-electron chi connectivity index (χ1n) is 11.3. The van der Waals surface area contributed by atoms with E-state index in [1.54, 1.807) is 7.11 Å². The lowest BCUT2D eigenvalue weighted by atomic mass is 9.87. The van der Waals surface area contributed by atoms with E-state index in [2.05, 4.69) is 28.9 Å². The van der Waals surface area contributed by atoms with Crippen molar-refractivity contribution in [1.82, 2.24) is 9.80 Å². The fourth-order valence-corrected chi connectivity index (χ4v) is 5.12. The summed E-state index contributed by atoms with van der Waals surface area (Å²) >= 11 is 0. The molecular formula is C25H34N2O2. The number of piperidine rings is 2. The van der Waals surface area contributed by atoms with E-state index in [0.717, 1.165) is 48.0 Å². The van der Waals surface area contributed by atoms with Gasteiger partial charge in [-0.05, 0) is 87.3 Å². The molecule has 0 radical (unpaired) electrons. The first-order valence-corrected chi connectivity index (χ1v) is 11.3. The monoisotopic (exact) mass is 394 g/mol. The van der Waals surface area contributed by atoms with E-state index in [1.807, 2.05) is 24.3 Å². The molecule has 4 nitrogen and oxygen atoms in total. The molecule has 0 aromatic heterocycles. The fraction of sp³-hybridized carbons (Fsp3) is 0.560. The summed E-state index contributed by atoms with van der Waals surface area (Å²) < 4.78 is 5.31. The third-order valence-corrected chi connectivity index (χ3v) is 6.77. The van der Waals surface area contributed by atoms with Gasteiger partial charge in [-0.3, -0.25) is 9.69 Å². The standard InChI is InChI=1S/C25H34N2O2/c1-3-12-26-14-10-23(11-15-26)27-13-4-5-22(18-27)25(28)21-7-6-20-17-24(29-2)9-8-19(20)16-21/h6-9,16-17,22-23H,3-5,10-15,18H2,1-2H3. The zero-order valence-electron chi connectivity index (χ0n) is 17.9. The molecule has 2 saturated heterocycles. The Labute approximate surface area is 174 Å². The van der Waals surface area contributed by atoms with E-state index in [4.69, 9.17) is 4.74 Å². The van der Waals surface area contributed by atoms with E-state index in [-0.39, 0.29) is 5.92 Å². The molecule has 2 aromatic rings. The summed E-state index contributed by atoms with van der Waals surface area (Å²) in [4.78, 5) is 18.5. The first kappa shape index (κ1) is 20.4. The van der Waals surface area contributed by atoms with Crippen LogP contribution in [0.15, 0.2) is 36.4 Å². The van der Waals surface area contributed by atoms with Crippen LogP contribution in [0.4, 0.5) is 0 Å². The normalized spacial score (nSPS) is 22.1. The van der Waals surface area contributed by atoms with Crippen LogP contribution >= 0.6 is 0 Å². The van der Waals surface area contributed by atoms with Gasteiger partial charge < -0.3 is 9.64 Å². The summed E-state index contributed by atoms with van der Waals surface area (Å²) in [6.45, 7) is 7.99. The van der Waals surface area contributed by atoms with Crippen LogP contribution in [0.5, 0.6) is 5.75 Å². The molecule has 2 aliphatic heterocycles. The Balaban J connectivity index is 1.41. The van der Waals surface area contributed by atoms with Crippen molar-refractivity contribution < 1.29 is 9.53 Å². The number of nitrogens with zero attached hydrogens (tertiary/aromatic N) is 2. The van der Waals surface area contributed by atoms with Crippen molar-refractivity contribution in [3.63, 3.8) is 0 Å². The maximum Gasteiger partial charge on any atom is 0.167 e. The number of rotatable bonds is 6. The van der Waals surface area contributed by atoms with Gasteiger partial charge in [0.2, 0.25) is 0 Å². The number of ether oxygens (including phenoxy) is 1. The van der Waals surface area contributed by atoms with E-state index >= 15 is 0 Å². The van der Waals surface area contributed by atoms with Crippen molar-refractivity contribution in [2.24, 2.45) is 5.92 Å². The van der Waals surface area contributed by atoms with Gasteiger partial charge in [0.1, 0.15) is 5.75 Å². The maximum absolute atomic E-state index is 13.3. The highest BCUT2D eigenvalue weighted by Gasteiger charge is 2.31. The van der Waals surface area contributed by atoms with Gasteiger partial charge in [0.25, 0.3) is 0 Å². The summed E-state index contributed by atoms with van der Waals surface area (Å²) in [5.41, 5.74) is 0.854. The van der Waals surface area contributed by atoms with Gasteiger partial charge in [-0.1, -0.05) is 25.1 Å². The van der Waals surface area contributed by atoms with Crippen LogP contribution < -0.4 is 4.74 Å². The van der Waals surface area contributed by atoms with Crippen molar-refractivity contribution in [2.75, 3.05) is 39.8 Å². The molecule has 29 heavy (non-hydrogen) atoms. The van der Waals surface area contributed by atoms with Crippen LogP contribution in [0.3, 0.4) is 0 Å². The molecule has 0 amide bonds. The number of likely N-dealkylation sites (tertiary alicyclic amines) is 2. The second kappa shape index (κ2) is 9.27. The Kier molecular flexibility index (Phi) is 6.51. The third kappa shape index (κ3) is 4.65. The van der Waals surface area contributed by atoms with Crippen molar-refractivity contribution >= 4 is 16.6 Å². The van der Waals surface area contributed by atoms with E-state index in [0.29, 0.717) is 11.8 Å². The number of fused-ring (bicyclic) bond motifs is 1. The quantitative estimate of drug-likeness (QED) is 0.670. The van der Waals surface area contributed by atoms with Crippen molar-refractivity contribution in [3.05, 3.63) is 42.0 Å². The molecule has 2 aliphatic rings. The van der Waals surface area contributed by atoms with Gasteiger partial charge in [0.05, 0.1) is 7.11 Å². The topological polar surface area (TPSA) is 32.8 Å². The molecule has 0 spiro atoms. The highest BCUT2D eigenvalue weighted by Crippen LogP contribution is 2.28. The zero-order valence-corrected chi connectivity index (χ0v) is 17.9. The zero-order chi connectivity index (χ0) is 20.2. The molecule has 0 bridgehead atoms. The number of hydrogen-bond donors (Lipinski definition) is 0. The SMILES string of the molecule is CCCN1CCC(N2CCCC(C(=O)c3ccc4cc(OC)ccc4c3)C2)CC1. The smallest absolute Gasteiger partial charge is 0.167 e. The van der Waals surface area contributed by atoms with Crippen LogP contribution in [-0.2, 0) is 0 Å². The predicted octanol–water partition coefficient (Wildman–Crippen LogP) is 4.62.